The van der Waals surface area contributed by atoms with Gasteiger partial charge in [0, 0.05) is 11.3 Å². The van der Waals surface area contributed by atoms with Crippen molar-refractivity contribution in [3.8, 4) is 11.3 Å². The summed E-state index contributed by atoms with van der Waals surface area (Å²) in [4.78, 5) is 12.2. The van der Waals surface area contributed by atoms with Gasteiger partial charge in [0.05, 0.1) is 11.1 Å². The van der Waals surface area contributed by atoms with E-state index in [2.05, 4.69) is 5.32 Å². The zero-order valence-corrected chi connectivity index (χ0v) is 13.9. The van der Waals surface area contributed by atoms with Gasteiger partial charge in [-0.15, -0.1) is 0 Å². The smallest absolute Gasteiger partial charge is 0.417 e. The predicted molar refractivity (Wildman–Crippen MR) is 88.5 cm³/mol. The van der Waals surface area contributed by atoms with E-state index in [0.29, 0.717) is 0 Å². The minimum absolute atomic E-state index is 0.131. The molecule has 28 heavy (non-hydrogen) atoms. The molecule has 3 aromatic rings. The van der Waals surface area contributed by atoms with Gasteiger partial charge >= 0.3 is 12.4 Å². The average molecular weight is 399 g/mol. The number of benzene rings is 2. The lowest BCUT2D eigenvalue weighted by Crippen LogP contribution is -2.12. The Hall–Kier alpha value is -3.23. The number of carbonyl (C=O) groups is 1. The third-order valence-corrected chi connectivity index (χ3v) is 3.78. The van der Waals surface area contributed by atoms with Crippen molar-refractivity contribution >= 4 is 11.6 Å². The van der Waals surface area contributed by atoms with E-state index >= 15 is 0 Å². The SMILES string of the molecule is O=C(Nc1cccc(C(F)(F)F)c1)c1ccc(-c2ccccc2C(F)(F)F)o1. The summed E-state index contributed by atoms with van der Waals surface area (Å²) in [5.74, 6) is -1.43. The maximum Gasteiger partial charge on any atom is 0.417 e. The van der Waals surface area contributed by atoms with Gasteiger partial charge in [-0.05, 0) is 36.4 Å². The summed E-state index contributed by atoms with van der Waals surface area (Å²) in [5.41, 5.74) is -2.28. The highest BCUT2D eigenvalue weighted by Crippen LogP contribution is 2.37. The Morgan fingerprint density at radius 2 is 1.54 bits per heavy atom. The minimum Gasteiger partial charge on any atom is -0.451 e. The molecule has 1 aromatic heterocycles. The number of anilines is 1. The topological polar surface area (TPSA) is 42.2 Å². The first kappa shape index (κ1) is 19.5. The summed E-state index contributed by atoms with van der Waals surface area (Å²) >= 11 is 0. The average Bonchev–Trinajstić information content (AvgIpc) is 3.11. The third kappa shape index (κ3) is 4.19. The summed E-state index contributed by atoms with van der Waals surface area (Å²) in [5, 5.41) is 2.23. The lowest BCUT2D eigenvalue weighted by Gasteiger charge is -2.11. The van der Waals surface area contributed by atoms with Crippen LogP contribution in [0.3, 0.4) is 0 Å². The van der Waals surface area contributed by atoms with Crippen molar-refractivity contribution in [1.29, 1.82) is 0 Å². The maximum atomic E-state index is 13.1. The fourth-order valence-corrected chi connectivity index (χ4v) is 2.52. The number of furan rings is 1. The first-order chi connectivity index (χ1) is 13.1. The highest BCUT2D eigenvalue weighted by molar-refractivity contribution is 6.02. The second kappa shape index (κ2) is 7.06. The Labute approximate surface area is 154 Å². The molecule has 0 radical (unpaired) electrons. The van der Waals surface area contributed by atoms with Gasteiger partial charge < -0.3 is 9.73 Å². The monoisotopic (exact) mass is 399 g/mol. The van der Waals surface area contributed by atoms with E-state index < -0.39 is 29.4 Å². The van der Waals surface area contributed by atoms with E-state index in [4.69, 9.17) is 4.42 Å². The van der Waals surface area contributed by atoms with Crippen LogP contribution in [-0.4, -0.2) is 5.91 Å². The molecule has 0 saturated heterocycles. The van der Waals surface area contributed by atoms with Crippen molar-refractivity contribution in [2.45, 2.75) is 12.4 Å². The van der Waals surface area contributed by atoms with E-state index in [0.717, 1.165) is 30.3 Å². The van der Waals surface area contributed by atoms with Gasteiger partial charge in [0.1, 0.15) is 5.76 Å². The van der Waals surface area contributed by atoms with Crippen LogP contribution in [0.1, 0.15) is 21.7 Å². The lowest BCUT2D eigenvalue weighted by atomic mass is 10.1. The number of carbonyl (C=O) groups excluding carboxylic acids is 1. The number of nitrogens with one attached hydrogen (secondary N) is 1. The number of rotatable bonds is 3. The molecule has 0 atom stereocenters. The fraction of sp³-hybridized carbons (Fsp3) is 0.105. The molecule has 0 saturated carbocycles. The molecule has 9 heteroatoms. The molecule has 0 aliphatic carbocycles. The second-order valence-electron chi connectivity index (χ2n) is 5.74. The molecular weight excluding hydrogens is 388 g/mol. The maximum absolute atomic E-state index is 13.1. The van der Waals surface area contributed by atoms with Crippen molar-refractivity contribution in [2.75, 3.05) is 5.32 Å². The van der Waals surface area contributed by atoms with Crippen molar-refractivity contribution in [3.63, 3.8) is 0 Å². The van der Waals surface area contributed by atoms with Gasteiger partial charge in [-0.3, -0.25) is 4.79 Å². The molecule has 1 amide bonds. The Morgan fingerprint density at radius 3 is 2.21 bits per heavy atom. The Kier molecular flexibility index (Phi) is 4.93. The molecule has 0 spiro atoms. The van der Waals surface area contributed by atoms with Gasteiger partial charge in [0.25, 0.3) is 5.91 Å². The van der Waals surface area contributed by atoms with Gasteiger partial charge in [-0.2, -0.15) is 26.3 Å². The lowest BCUT2D eigenvalue weighted by molar-refractivity contribution is -0.138. The number of alkyl halides is 6. The molecule has 1 heterocycles. The van der Waals surface area contributed by atoms with E-state index in [1.807, 2.05) is 0 Å². The van der Waals surface area contributed by atoms with Gasteiger partial charge in [-0.1, -0.05) is 24.3 Å². The van der Waals surface area contributed by atoms with Crippen LogP contribution in [0.2, 0.25) is 0 Å². The fourth-order valence-electron chi connectivity index (χ4n) is 2.52. The summed E-state index contributed by atoms with van der Waals surface area (Å²) in [6, 6.07) is 10.9. The second-order valence-corrected chi connectivity index (χ2v) is 5.74. The zero-order chi connectivity index (χ0) is 20.5. The summed E-state index contributed by atoms with van der Waals surface area (Å²) in [6.45, 7) is 0. The molecule has 3 rings (SSSR count). The molecule has 0 unspecified atom stereocenters. The summed E-state index contributed by atoms with van der Waals surface area (Å²) < 4.78 is 82.7. The zero-order valence-electron chi connectivity index (χ0n) is 13.9. The molecule has 1 N–H and O–H groups in total. The van der Waals surface area contributed by atoms with Crippen molar-refractivity contribution < 1.29 is 35.6 Å². The quantitative estimate of drug-likeness (QED) is 0.530. The van der Waals surface area contributed by atoms with Crippen molar-refractivity contribution in [1.82, 2.24) is 0 Å². The van der Waals surface area contributed by atoms with Crippen LogP contribution < -0.4 is 5.32 Å². The number of amides is 1. The van der Waals surface area contributed by atoms with Gasteiger partial charge in [-0.25, -0.2) is 0 Å². The molecule has 0 aliphatic heterocycles. The van der Waals surface area contributed by atoms with Crippen molar-refractivity contribution in [3.05, 3.63) is 77.6 Å². The van der Waals surface area contributed by atoms with Crippen LogP contribution in [0.25, 0.3) is 11.3 Å². The number of halogens is 6. The number of hydrogen-bond donors (Lipinski definition) is 1. The van der Waals surface area contributed by atoms with Gasteiger partial charge in [0.2, 0.25) is 0 Å². The molecule has 0 aliphatic rings. The van der Waals surface area contributed by atoms with Crippen LogP contribution in [0.5, 0.6) is 0 Å². The van der Waals surface area contributed by atoms with E-state index in [9.17, 15) is 31.1 Å². The molecule has 2 aromatic carbocycles. The highest BCUT2D eigenvalue weighted by Gasteiger charge is 2.34. The largest absolute Gasteiger partial charge is 0.451 e. The molecule has 3 nitrogen and oxygen atoms in total. The van der Waals surface area contributed by atoms with Crippen molar-refractivity contribution in [2.24, 2.45) is 0 Å². The predicted octanol–water partition coefficient (Wildman–Crippen LogP) is 6.24. The summed E-state index contributed by atoms with van der Waals surface area (Å²) in [7, 11) is 0. The van der Waals surface area contributed by atoms with Crippen LogP contribution in [0, 0.1) is 0 Å². The molecular formula is C19H11F6NO2. The van der Waals surface area contributed by atoms with Crippen LogP contribution in [-0.2, 0) is 12.4 Å². The normalized spacial score (nSPS) is 12.1. The Balaban J connectivity index is 1.85. The van der Waals surface area contributed by atoms with E-state index in [-0.39, 0.29) is 22.8 Å². The van der Waals surface area contributed by atoms with Crippen LogP contribution >= 0.6 is 0 Å². The minimum atomic E-state index is -4.62. The van der Waals surface area contributed by atoms with Crippen LogP contribution in [0.4, 0.5) is 32.0 Å². The Morgan fingerprint density at radius 1 is 0.821 bits per heavy atom. The first-order valence-electron chi connectivity index (χ1n) is 7.81. The molecule has 146 valence electrons. The number of hydrogen-bond acceptors (Lipinski definition) is 2. The standard InChI is InChI=1S/C19H11F6NO2/c20-18(21,22)11-4-3-5-12(10-11)26-17(27)16-9-8-15(28-16)13-6-1-2-7-14(13)19(23,24)25/h1-10H,(H,26,27). The molecule has 0 fully saturated rings. The summed E-state index contributed by atoms with van der Waals surface area (Å²) in [6.07, 6.45) is -9.20. The van der Waals surface area contributed by atoms with E-state index in [1.165, 1.54) is 30.3 Å². The third-order valence-electron chi connectivity index (χ3n) is 3.78. The van der Waals surface area contributed by atoms with Crippen LogP contribution in [0.15, 0.2) is 65.1 Å². The molecule has 0 bridgehead atoms. The first-order valence-corrected chi connectivity index (χ1v) is 7.81. The highest BCUT2D eigenvalue weighted by atomic mass is 19.4. The van der Waals surface area contributed by atoms with E-state index in [1.54, 1.807) is 0 Å². The Bertz CT molecular complexity index is 1000. The van der Waals surface area contributed by atoms with Gasteiger partial charge in [0.15, 0.2) is 5.76 Å².